The van der Waals surface area contributed by atoms with E-state index in [0.717, 1.165) is 24.1 Å². The first-order valence-corrected chi connectivity index (χ1v) is 6.20. The molecule has 0 atom stereocenters. The van der Waals surface area contributed by atoms with Gasteiger partial charge < -0.3 is 10.5 Å². The minimum Gasteiger partial charge on any atom is -0.444 e. The maximum absolute atomic E-state index is 11.7. The molecular formula is C14H22N2O2. The molecule has 0 bridgehead atoms. The first kappa shape index (κ1) is 14.4. The highest BCUT2D eigenvalue weighted by atomic mass is 16.6. The van der Waals surface area contributed by atoms with E-state index < -0.39 is 11.7 Å². The number of nitrogens with two attached hydrogens (primary N) is 1. The summed E-state index contributed by atoms with van der Waals surface area (Å²) in [6, 6.07) is 5.53. The van der Waals surface area contributed by atoms with Gasteiger partial charge in [0.25, 0.3) is 0 Å². The Morgan fingerprint density at radius 1 is 1.39 bits per heavy atom. The van der Waals surface area contributed by atoms with Gasteiger partial charge in [0.1, 0.15) is 5.60 Å². The number of hydrogen-bond acceptors (Lipinski definition) is 3. The van der Waals surface area contributed by atoms with Crippen LogP contribution in [0.5, 0.6) is 0 Å². The van der Waals surface area contributed by atoms with Crippen LogP contribution in [0.2, 0.25) is 0 Å². The molecular weight excluding hydrogens is 228 g/mol. The van der Waals surface area contributed by atoms with E-state index in [1.165, 1.54) is 0 Å². The van der Waals surface area contributed by atoms with Crippen LogP contribution in [0.15, 0.2) is 18.2 Å². The number of rotatable bonds is 3. The minimum absolute atomic E-state index is 0.453. The van der Waals surface area contributed by atoms with E-state index in [4.69, 9.17) is 10.5 Å². The maximum atomic E-state index is 11.7. The van der Waals surface area contributed by atoms with Gasteiger partial charge >= 0.3 is 6.09 Å². The van der Waals surface area contributed by atoms with Gasteiger partial charge in [0.15, 0.2) is 0 Å². The van der Waals surface area contributed by atoms with E-state index in [-0.39, 0.29) is 0 Å². The summed E-state index contributed by atoms with van der Waals surface area (Å²) >= 11 is 0. The second kappa shape index (κ2) is 5.76. The molecule has 0 aliphatic heterocycles. The molecule has 1 aromatic rings. The summed E-state index contributed by atoms with van der Waals surface area (Å²) in [5.41, 5.74) is 7.65. The monoisotopic (exact) mass is 250 g/mol. The largest absolute Gasteiger partial charge is 0.444 e. The van der Waals surface area contributed by atoms with Crippen LogP contribution in [0, 0.1) is 0 Å². The zero-order valence-electron chi connectivity index (χ0n) is 11.5. The number of aryl methyl sites for hydroxylation is 1. The lowest BCUT2D eigenvalue weighted by Crippen LogP contribution is -2.27. The zero-order chi connectivity index (χ0) is 13.8. The predicted molar refractivity (Wildman–Crippen MR) is 74.7 cm³/mol. The lowest BCUT2D eigenvalue weighted by Gasteiger charge is -2.20. The summed E-state index contributed by atoms with van der Waals surface area (Å²) in [6.07, 6.45) is 1.45. The van der Waals surface area contributed by atoms with Gasteiger partial charge in [-0.1, -0.05) is 19.4 Å². The minimum atomic E-state index is -0.505. The quantitative estimate of drug-likeness (QED) is 0.806. The zero-order valence-corrected chi connectivity index (χ0v) is 11.5. The number of nitrogen functional groups attached to an aromatic ring is 1. The molecule has 100 valence electrons. The molecule has 1 aromatic carbocycles. The van der Waals surface area contributed by atoms with Gasteiger partial charge in [0, 0.05) is 11.4 Å². The number of amides is 1. The normalized spacial score (nSPS) is 11.1. The van der Waals surface area contributed by atoms with Crippen molar-refractivity contribution in [2.75, 3.05) is 11.1 Å². The standard InChI is InChI=1S/C14H22N2O2/c1-5-6-10-7-8-11(15)9-12(10)16-13(17)18-14(2,3)4/h7-9H,5-6,15H2,1-4H3,(H,16,17). The first-order chi connectivity index (χ1) is 8.31. The van der Waals surface area contributed by atoms with Crippen molar-refractivity contribution in [1.82, 2.24) is 0 Å². The van der Waals surface area contributed by atoms with Crippen molar-refractivity contribution in [2.24, 2.45) is 0 Å². The summed E-state index contributed by atoms with van der Waals surface area (Å²) in [5.74, 6) is 0. The summed E-state index contributed by atoms with van der Waals surface area (Å²) in [4.78, 5) is 11.7. The topological polar surface area (TPSA) is 64.3 Å². The van der Waals surface area contributed by atoms with Gasteiger partial charge in [0.05, 0.1) is 0 Å². The molecule has 18 heavy (non-hydrogen) atoms. The Hall–Kier alpha value is -1.71. The molecule has 4 nitrogen and oxygen atoms in total. The van der Waals surface area contributed by atoms with E-state index >= 15 is 0 Å². The molecule has 0 aliphatic carbocycles. The molecule has 0 heterocycles. The van der Waals surface area contributed by atoms with Crippen LogP contribution in [-0.4, -0.2) is 11.7 Å². The Labute approximate surface area is 109 Å². The molecule has 0 unspecified atom stereocenters. The van der Waals surface area contributed by atoms with E-state index in [0.29, 0.717) is 5.69 Å². The van der Waals surface area contributed by atoms with Gasteiger partial charge in [-0.3, -0.25) is 5.32 Å². The molecule has 3 N–H and O–H groups in total. The molecule has 0 saturated carbocycles. The third kappa shape index (κ3) is 4.65. The highest BCUT2D eigenvalue weighted by Gasteiger charge is 2.17. The molecule has 1 amide bonds. The van der Waals surface area contributed by atoms with Crippen LogP contribution < -0.4 is 11.1 Å². The highest BCUT2D eigenvalue weighted by Crippen LogP contribution is 2.21. The maximum Gasteiger partial charge on any atom is 0.412 e. The third-order valence-electron chi connectivity index (χ3n) is 2.29. The Bertz CT molecular complexity index is 422. The van der Waals surface area contributed by atoms with E-state index in [9.17, 15) is 4.79 Å². The van der Waals surface area contributed by atoms with Gasteiger partial charge in [0.2, 0.25) is 0 Å². The lowest BCUT2D eigenvalue weighted by molar-refractivity contribution is 0.0636. The molecule has 1 rings (SSSR count). The van der Waals surface area contributed by atoms with Crippen molar-refractivity contribution in [1.29, 1.82) is 0 Å². The number of nitrogens with one attached hydrogen (secondary N) is 1. The van der Waals surface area contributed by atoms with Crippen LogP contribution in [0.1, 0.15) is 39.7 Å². The first-order valence-electron chi connectivity index (χ1n) is 6.20. The molecule has 0 aliphatic rings. The Morgan fingerprint density at radius 3 is 2.61 bits per heavy atom. The van der Waals surface area contributed by atoms with Crippen molar-refractivity contribution >= 4 is 17.5 Å². The fourth-order valence-corrected chi connectivity index (χ4v) is 1.61. The number of carbonyl (C=O) groups excluding carboxylic acids is 1. The van der Waals surface area contributed by atoms with Gasteiger partial charge in [-0.05, 0) is 44.9 Å². The van der Waals surface area contributed by atoms with E-state index in [1.54, 1.807) is 6.07 Å². The van der Waals surface area contributed by atoms with Crippen molar-refractivity contribution in [3.63, 3.8) is 0 Å². The van der Waals surface area contributed by atoms with Gasteiger partial charge in [-0.15, -0.1) is 0 Å². The van der Waals surface area contributed by atoms with Crippen LogP contribution in [-0.2, 0) is 11.2 Å². The molecule has 0 saturated heterocycles. The fraction of sp³-hybridized carbons (Fsp3) is 0.500. The number of ether oxygens (including phenoxy) is 1. The van der Waals surface area contributed by atoms with Crippen LogP contribution in [0.25, 0.3) is 0 Å². The van der Waals surface area contributed by atoms with Crippen molar-refractivity contribution in [3.05, 3.63) is 23.8 Å². The second-order valence-corrected chi connectivity index (χ2v) is 5.29. The number of anilines is 2. The van der Waals surface area contributed by atoms with Crippen molar-refractivity contribution < 1.29 is 9.53 Å². The average Bonchev–Trinajstić information content (AvgIpc) is 2.19. The number of hydrogen-bond donors (Lipinski definition) is 2. The third-order valence-corrected chi connectivity index (χ3v) is 2.29. The molecule has 0 spiro atoms. The van der Waals surface area contributed by atoms with Crippen LogP contribution in [0.3, 0.4) is 0 Å². The van der Waals surface area contributed by atoms with Crippen LogP contribution in [0.4, 0.5) is 16.2 Å². The Balaban J connectivity index is 2.82. The predicted octanol–water partition coefficient (Wildman–Crippen LogP) is 3.57. The summed E-state index contributed by atoms with van der Waals surface area (Å²) in [5, 5.41) is 2.75. The van der Waals surface area contributed by atoms with Gasteiger partial charge in [-0.2, -0.15) is 0 Å². The van der Waals surface area contributed by atoms with Crippen molar-refractivity contribution in [3.8, 4) is 0 Å². The lowest BCUT2D eigenvalue weighted by atomic mass is 10.1. The summed E-state index contributed by atoms with van der Waals surface area (Å²) in [7, 11) is 0. The SMILES string of the molecule is CCCc1ccc(N)cc1NC(=O)OC(C)(C)C. The smallest absolute Gasteiger partial charge is 0.412 e. The number of carbonyl (C=O) groups is 1. The molecule has 0 fully saturated rings. The van der Waals surface area contributed by atoms with Crippen molar-refractivity contribution in [2.45, 2.75) is 46.1 Å². The second-order valence-electron chi connectivity index (χ2n) is 5.29. The van der Waals surface area contributed by atoms with Gasteiger partial charge in [-0.25, -0.2) is 4.79 Å². The summed E-state index contributed by atoms with van der Waals surface area (Å²) in [6.45, 7) is 7.59. The summed E-state index contributed by atoms with van der Waals surface area (Å²) < 4.78 is 5.22. The van der Waals surface area contributed by atoms with Crippen LogP contribution >= 0.6 is 0 Å². The Kier molecular flexibility index (Phi) is 4.59. The van der Waals surface area contributed by atoms with E-state index in [2.05, 4.69) is 12.2 Å². The molecule has 0 aromatic heterocycles. The molecule has 4 heteroatoms. The Morgan fingerprint density at radius 2 is 2.06 bits per heavy atom. The highest BCUT2D eigenvalue weighted by molar-refractivity contribution is 5.86. The fourth-order valence-electron chi connectivity index (χ4n) is 1.61. The van der Waals surface area contributed by atoms with E-state index in [1.807, 2.05) is 32.9 Å². The molecule has 0 radical (unpaired) electrons. The average molecular weight is 250 g/mol. The number of benzene rings is 1.